The first kappa shape index (κ1) is 13.8. The van der Waals surface area contributed by atoms with E-state index in [1.807, 2.05) is 11.3 Å². The summed E-state index contributed by atoms with van der Waals surface area (Å²) in [4.78, 5) is 2.84. The molecule has 1 heterocycles. The lowest BCUT2D eigenvalue weighted by molar-refractivity contribution is 0.578. The van der Waals surface area contributed by atoms with Crippen molar-refractivity contribution in [3.63, 3.8) is 0 Å². The van der Waals surface area contributed by atoms with E-state index in [0.29, 0.717) is 6.04 Å². The van der Waals surface area contributed by atoms with Crippen molar-refractivity contribution in [1.29, 1.82) is 0 Å². The van der Waals surface area contributed by atoms with Crippen molar-refractivity contribution in [1.82, 2.24) is 5.32 Å². The molecular formula is C18H23NS. The Hall–Kier alpha value is -1.12. The van der Waals surface area contributed by atoms with Crippen molar-refractivity contribution in [2.75, 3.05) is 6.54 Å². The summed E-state index contributed by atoms with van der Waals surface area (Å²) in [6.07, 6.45) is 5.04. The Kier molecular flexibility index (Phi) is 4.23. The van der Waals surface area contributed by atoms with Crippen LogP contribution in [0.15, 0.2) is 30.3 Å². The minimum atomic E-state index is 0.461. The van der Waals surface area contributed by atoms with Gasteiger partial charge in [0.25, 0.3) is 0 Å². The van der Waals surface area contributed by atoms with Crippen LogP contribution in [0.25, 0.3) is 10.4 Å². The zero-order valence-electron chi connectivity index (χ0n) is 12.4. The third-order valence-corrected chi connectivity index (χ3v) is 5.45. The van der Waals surface area contributed by atoms with Gasteiger partial charge in [0.15, 0.2) is 0 Å². The Morgan fingerprint density at radius 1 is 1.15 bits per heavy atom. The molecule has 1 aliphatic carbocycles. The van der Waals surface area contributed by atoms with E-state index in [1.54, 1.807) is 11.1 Å². The lowest BCUT2D eigenvalue weighted by Crippen LogP contribution is -2.18. The molecule has 0 aliphatic heterocycles. The molecule has 0 fully saturated rings. The summed E-state index contributed by atoms with van der Waals surface area (Å²) in [7, 11) is 0. The van der Waals surface area contributed by atoms with Crippen LogP contribution in [0.2, 0.25) is 0 Å². The summed E-state index contributed by atoms with van der Waals surface area (Å²) in [5.74, 6) is 0. The lowest BCUT2D eigenvalue weighted by atomic mass is 10.1. The molecule has 0 saturated heterocycles. The number of benzene rings is 1. The number of aryl methyl sites for hydroxylation is 2. The Labute approximate surface area is 126 Å². The molecule has 1 unspecified atom stereocenters. The van der Waals surface area contributed by atoms with Gasteiger partial charge in [0.2, 0.25) is 0 Å². The average molecular weight is 285 g/mol. The lowest BCUT2D eigenvalue weighted by Gasteiger charge is -2.10. The highest BCUT2D eigenvalue weighted by Gasteiger charge is 2.13. The first-order valence-electron chi connectivity index (χ1n) is 7.73. The normalized spacial score (nSPS) is 15.3. The van der Waals surface area contributed by atoms with Gasteiger partial charge in [0.05, 0.1) is 0 Å². The highest BCUT2D eigenvalue weighted by Crippen LogP contribution is 2.34. The van der Waals surface area contributed by atoms with Gasteiger partial charge in [-0.3, -0.25) is 0 Å². The first-order valence-corrected chi connectivity index (χ1v) is 8.55. The Bertz CT molecular complexity index is 585. The molecule has 1 aromatic carbocycles. The molecule has 0 amide bonds. The van der Waals surface area contributed by atoms with Gasteiger partial charge >= 0.3 is 0 Å². The summed E-state index contributed by atoms with van der Waals surface area (Å²) in [5.41, 5.74) is 4.52. The molecule has 0 spiro atoms. The SMILES string of the molecule is CCCNC(C)c1ccc(-c2ccc3c(c2)CCC3)s1. The number of rotatable bonds is 5. The summed E-state index contributed by atoms with van der Waals surface area (Å²) < 4.78 is 0. The van der Waals surface area contributed by atoms with Crippen LogP contribution in [0.3, 0.4) is 0 Å². The maximum atomic E-state index is 3.57. The fourth-order valence-electron chi connectivity index (χ4n) is 2.93. The molecule has 1 aromatic heterocycles. The largest absolute Gasteiger partial charge is 0.309 e. The van der Waals surface area contributed by atoms with Gasteiger partial charge in [0.1, 0.15) is 0 Å². The van der Waals surface area contributed by atoms with Crippen LogP contribution in [0, 0.1) is 0 Å². The van der Waals surface area contributed by atoms with E-state index in [2.05, 4.69) is 49.5 Å². The van der Waals surface area contributed by atoms with Gasteiger partial charge in [-0.2, -0.15) is 0 Å². The van der Waals surface area contributed by atoms with E-state index in [-0.39, 0.29) is 0 Å². The van der Waals surface area contributed by atoms with Crippen LogP contribution in [0.1, 0.15) is 48.7 Å². The fraction of sp³-hybridized carbons (Fsp3) is 0.444. The number of fused-ring (bicyclic) bond motifs is 1. The molecule has 1 aliphatic rings. The fourth-order valence-corrected chi connectivity index (χ4v) is 3.96. The highest BCUT2D eigenvalue weighted by molar-refractivity contribution is 7.15. The van der Waals surface area contributed by atoms with Gasteiger partial charge in [0, 0.05) is 15.8 Å². The van der Waals surface area contributed by atoms with Crippen molar-refractivity contribution >= 4 is 11.3 Å². The van der Waals surface area contributed by atoms with E-state index in [0.717, 1.165) is 6.54 Å². The van der Waals surface area contributed by atoms with Gasteiger partial charge in [-0.15, -0.1) is 11.3 Å². The minimum absolute atomic E-state index is 0.461. The zero-order valence-corrected chi connectivity index (χ0v) is 13.2. The Morgan fingerprint density at radius 3 is 2.85 bits per heavy atom. The summed E-state index contributed by atoms with van der Waals surface area (Å²) in [6.45, 7) is 5.56. The van der Waals surface area contributed by atoms with Crippen LogP contribution >= 0.6 is 11.3 Å². The molecule has 0 radical (unpaired) electrons. The third kappa shape index (κ3) is 2.82. The first-order chi connectivity index (χ1) is 9.78. The molecule has 2 heteroatoms. The van der Waals surface area contributed by atoms with Crippen molar-refractivity contribution in [2.24, 2.45) is 0 Å². The van der Waals surface area contributed by atoms with Gasteiger partial charge in [-0.05, 0) is 68.0 Å². The summed E-state index contributed by atoms with van der Waals surface area (Å²) >= 11 is 1.93. The number of hydrogen-bond acceptors (Lipinski definition) is 2. The van der Waals surface area contributed by atoms with Gasteiger partial charge in [-0.1, -0.05) is 25.1 Å². The monoisotopic (exact) mass is 285 g/mol. The maximum Gasteiger partial charge on any atom is 0.0386 e. The van der Waals surface area contributed by atoms with Crippen LogP contribution in [0.5, 0.6) is 0 Å². The number of nitrogens with one attached hydrogen (secondary N) is 1. The second-order valence-corrected chi connectivity index (χ2v) is 6.83. The minimum Gasteiger partial charge on any atom is -0.309 e. The van der Waals surface area contributed by atoms with E-state index < -0.39 is 0 Å². The van der Waals surface area contributed by atoms with Crippen molar-refractivity contribution in [3.05, 3.63) is 46.3 Å². The second-order valence-electron chi connectivity index (χ2n) is 5.71. The zero-order chi connectivity index (χ0) is 13.9. The maximum absolute atomic E-state index is 3.57. The predicted octanol–water partition coefficient (Wildman–Crippen LogP) is 4.96. The second kappa shape index (κ2) is 6.11. The van der Waals surface area contributed by atoms with Gasteiger partial charge < -0.3 is 5.32 Å². The molecule has 0 saturated carbocycles. The van der Waals surface area contributed by atoms with E-state index >= 15 is 0 Å². The van der Waals surface area contributed by atoms with Crippen LogP contribution in [-0.2, 0) is 12.8 Å². The van der Waals surface area contributed by atoms with Crippen LogP contribution in [-0.4, -0.2) is 6.54 Å². The van der Waals surface area contributed by atoms with Crippen LogP contribution < -0.4 is 5.32 Å². The molecule has 1 atom stereocenters. The topological polar surface area (TPSA) is 12.0 Å². The van der Waals surface area contributed by atoms with E-state index in [4.69, 9.17) is 0 Å². The molecule has 3 rings (SSSR count). The average Bonchev–Trinajstić information content (AvgIpc) is 3.12. The summed E-state index contributed by atoms with van der Waals surface area (Å²) in [5, 5.41) is 3.57. The molecular weight excluding hydrogens is 262 g/mol. The molecule has 0 bridgehead atoms. The van der Waals surface area contributed by atoms with Crippen molar-refractivity contribution < 1.29 is 0 Å². The summed E-state index contributed by atoms with van der Waals surface area (Å²) in [6, 6.07) is 12.0. The molecule has 106 valence electrons. The molecule has 2 aromatic rings. The number of thiophene rings is 1. The highest BCUT2D eigenvalue weighted by atomic mass is 32.1. The predicted molar refractivity (Wildman–Crippen MR) is 88.5 cm³/mol. The molecule has 1 nitrogen and oxygen atoms in total. The van der Waals surface area contributed by atoms with Gasteiger partial charge in [-0.25, -0.2) is 0 Å². The number of hydrogen-bond donors (Lipinski definition) is 1. The van der Waals surface area contributed by atoms with Crippen LogP contribution in [0.4, 0.5) is 0 Å². The van der Waals surface area contributed by atoms with Crippen molar-refractivity contribution in [3.8, 4) is 10.4 Å². The third-order valence-electron chi connectivity index (χ3n) is 4.14. The smallest absolute Gasteiger partial charge is 0.0386 e. The molecule has 1 N–H and O–H groups in total. The standard InChI is InChI=1S/C18H23NS/c1-3-11-19-13(2)17-9-10-18(20-17)16-8-7-14-5-4-6-15(14)12-16/h7-10,12-13,19H,3-6,11H2,1-2H3. The Morgan fingerprint density at radius 2 is 2.00 bits per heavy atom. The van der Waals surface area contributed by atoms with Crippen molar-refractivity contribution in [2.45, 2.75) is 45.6 Å². The molecule has 20 heavy (non-hydrogen) atoms. The van der Waals surface area contributed by atoms with E-state index in [1.165, 1.54) is 41.0 Å². The van der Waals surface area contributed by atoms with E-state index in [9.17, 15) is 0 Å². The Balaban J connectivity index is 1.79. The quantitative estimate of drug-likeness (QED) is 0.818.